The number of hydrogen-bond acceptors (Lipinski definition) is 7. The molecule has 0 aliphatic rings. The van der Waals surface area contributed by atoms with Crippen molar-refractivity contribution < 1.29 is 29.7 Å². The van der Waals surface area contributed by atoms with E-state index in [4.69, 9.17) is 15.3 Å². The van der Waals surface area contributed by atoms with Gasteiger partial charge in [-0.25, -0.2) is 4.79 Å². The minimum Gasteiger partial charge on any atom is -0.481 e. The first-order valence-electron chi connectivity index (χ1n) is 5.82. The molecule has 0 rings (SSSR count). The standard InChI is InChI=1S/C8H14O4S2.C3H6O2S2/c9-7(10)5(3-13)1-2-6(4-14)8(11)12;1-3(6,7)2(4)5/h5-6,13-14H,1-4H2,(H,9,10)(H,11,12);6-7H,1H3,(H,4,5). The van der Waals surface area contributed by atoms with Gasteiger partial charge >= 0.3 is 17.9 Å². The Morgan fingerprint density at radius 3 is 1.24 bits per heavy atom. The quantitative estimate of drug-likeness (QED) is 0.256. The summed E-state index contributed by atoms with van der Waals surface area (Å²) in [5, 5.41) is 25.5. The fourth-order valence-corrected chi connectivity index (χ4v) is 1.67. The van der Waals surface area contributed by atoms with Gasteiger partial charge in [-0.2, -0.15) is 50.5 Å². The minimum absolute atomic E-state index is 0.230. The van der Waals surface area contributed by atoms with Gasteiger partial charge in [-0.05, 0) is 19.8 Å². The highest BCUT2D eigenvalue weighted by Gasteiger charge is 2.22. The Kier molecular flexibility index (Phi) is 12.5. The third-order valence-corrected chi connectivity index (χ3v) is 3.67. The Balaban J connectivity index is 0. The van der Waals surface area contributed by atoms with E-state index in [9.17, 15) is 14.4 Å². The summed E-state index contributed by atoms with van der Waals surface area (Å²) in [6, 6.07) is 0. The molecule has 0 spiro atoms. The van der Waals surface area contributed by atoms with Gasteiger partial charge in [0.05, 0.1) is 11.8 Å². The Labute approximate surface area is 145 Å². The predicted molar refractivity (Wildman–Crippen MR) is 93.2 cm³/mol. The number of hydrogen-bond donors (Lipinski definition) is 7. The van der Waals surface area contributed by atoms with Crippen molar-refractivity contribution in [3.05, 3.63) is 0 Å². The Morgan fingerprint density at radius 2 is 1.14 bits per heavy atom. The zero-order valence-electron chi connectivity index (χ0n) is 11.3. The van der Waals surface area contributed by atoms with Gasteiger partial charge in [0.25, 0.3) is 0 Å². The van der Waals surface area contributed by atoms with E-state index >= 15 is 0 Å². The fourth-order valence-electron chi connectivity index (χ4n) is 0.988. The molecule has 0 fully saturated rings. The number of rotatable bonds is 8. The number of carboxylic acid groups (broad SMARTS) is 3. The van der Waals surface area contributed by atoms with Crippen molar-refractivity contribution >= 4 is 68.4 Å². The molecule has 6 nitrogen and oxygen atoms in total. The van der Waals surface area contributed by atoms with Crippen LogP contribution < -0.4 is 0 Å². The van der Waals surface area contributed by atoms with Crippen LogP contribution >= 0.6 is 50.5 Å². The molecule has 2 unspecified atom stereocenters. The monoisotopic (exact) mass is 376 g/mol. The van der Waals surface area contributed by atoms with Gasteiger partial charge in [-0.3, -0.25) is 9.59 Å². The predicted octanol–water partition coefficient (Wildman–Crippen LogP) is 1.67. The van der Waals surface area contributed by atoms with Crippen molar-refractivity contribution in [2.24, 2.45) is 11.8 Å². The molecule has 0 bridgehead atoms. The molecule has 124 valence electrons. The van der Waals surface area contributed by atoms with E-state index in [1.54, 1.807) is 0 Å². The van der Waals surface area contributed by atoms with Crippen molar-refractivity contribution in [1.29, 1.82) is 0 Å². The van der Waals surface area contributed by atoms with Crippen LogP contribution in [-0.2, 0) is 14.4 Å². The Hall–Kier alpha value is -0.190. The molecule has 0 heterocycles. The molecule has 3 N–H and O–H groups in total. The first-order chi connectivity index (χ1) is 9.47. The molecule has 0 saturated heterocycles. The lowest BCUT2D eigenvalue weighted by atomic mass is 9.98. The number of aliphatic carboxylic acids is 3. The lowest BCUT2D eigenvalue weighted by molar-refractivity contribution is -0.144. The average Bonchev–Trinajstić information content (AvgIpc) is 2.33. The zero-order valence-corrected chi connectivity index (χ0v) is 14.9. The second-order valence-corrected chi connectivity index (χ2v) is 7.21. The first-order valence-corrected chi connectivity index (χ1v) is 7.98. The summed E-state index contributed by atoms with van der Waals surface area (Å²) < 4.78 is -1.19. The molecule has 0 saturated carbocycles. The van der Waals surface area contributed by atoms with E-state index in [2.05, 4.69) is 50.5 Å². The molecule has 21 heavy (non-hydrogen) atoms. The van der Waals surface area contributed by atoms with E-state index in [1.807, 2.05) is 0 Å². The molecule has 0 radical (unpaired) electrons. The van der Waals surface area contributed by atoms with Crippen LogP contribution in [0.4, 0.5) is 0 Å². The van der Waals surface area contributed by atoms with Crippen molar-refractivity contribution in [2.75, 3.05) is 11.5 Å². The smallest absolute Gasteiger partial charge is 0.329 e. The van der Waals surface area contributed by atoms with Gasteiger partial charge in [-0.15, -0.1) is 0 Å². The molecule has 10 heteroatoms. The van der Waals surface area contributed by atoms with Crippen LogP contribution in [0.3, 0.4) is 0 Å². The molecule has 0 aromatic heterocycles. The Morgan fingerprint density at radius 1 is 0.905 bits per heavy atom. The maximum absolute atomic E-state index is 10.6. The normalized spacial score (nSPS) is 13.6. The molecule has 0 amide bonds. The SMILES string of the molecule is CC(S)(S)C(=O)O.O=C(O)C(CS)CCC(CS)C(=O)O. The molecular weight excluding hydrogens is 356 g/mol. The van der Waals surface area contributed by atoms with Crippen LogP contribution in [0.5, 0.6) is 0 Å². The van der Waals surface area contributed by atoms with E-state index in [-0.39, 0.29) is 11.5 Å². The summed E-state index contributed by atoms with van der Waals surface area (Å²) in [7, 11) is 0. The van der Waals surface area contributed by atoms with Crippen molar-refractivity contribution in [2.45, 2.75) is 23.8 Å². The summed E-state index contributed by atoms with van der Waals surface area (Å²) in [6.07, 6.45) is 0.659. The third kappa shape index (κ3) is 12.1. The summed E-state index contributed by atoms with van der Waals surface area (Å²) in [4.78, 5) is 31.0. The zero-order chi connectivity index (χ0) is 17.2. The second kappa shape index (κ2) is 11.4. The summed E-state index contributed by atoms with van der Waals surface area (Å²) in [5.41, 5.74) is 0. The van der Waals surface area contributed by atoms with Gasteiger partial charge in [0.15, 0.2) is 0 Å². The lowest BCUT2D eigenvalue weighted by Crippen LogP contribution is -2.20. The average molecular weight is 377 g/mol. The van der Waals surface area contributed by atoms with Crippen LogP contribution in [0.25, 0.3) is 0 Å². The summed E-state index contributed by atoms with van der Waals surface area (Å²) in [5.74, 6) is -3.56. The number of thiol groups is 4. The highest BCUT2D eigenvalue weighted by Crippen LogP contribution is 2.17. The largest absolute Gasteiger partial charge is 0.481 e. The topological polar surface area (TPSA) is 112 Å². The van der Waals surface area contributed by atoms with E-state index < -0.39 is 33.8 Å². The maximum atomic E-state index is 10.6. The summed E-state index contributed by atoms with van der Waals surface area (Å²) >= 11 is 15.0. The van der Waals surface area contributed by atoms with E-state index in [1.165, 1.54) is 6.92 Å². The summed E-state index contributed by atoms with van der Waals surface area (Å²) in [6.45, 7) is 1.39. The van der Waals surface area contributed by atoms with Gasteiger partial charge in [0.1, 0.15) is 4.08 Å². The van der Waals surface area contributed by atoms with Crippen LogP contribution in [0, 0.1) is 11.8 Å². The Bertz CT molecular complexity index is 333. The fraction of sp³-hybridized carbons (Fsp3) is 0.727. The van der Waals surface area contributed by atoms with Gasteiger partial charge in [0, 0.05) is 11.5 Å². The molecule has 0 aromatic carbocycles. The highest BCUT2D eigenvalue weighted by molar-refractivity contribution is 8.01. The molecule has 0 aliphatic heterocycles. The highest BCUT2D eigenvalue weighted by atomic mass is 32.2. The van der Waals surface area contributed by atoms with E-state index in [0.717, 1.165) is 0 Å². The molecular formula is C11H20O6S4. The number of carbonyl (C=O) groups is 3. The molecule has 0 aliphatic carbocycles. The second-order valence-electron chi connectivity index (χ2n) is 4.34. The van der Waals surface area contributed by atoms with Crippen LogP contribution in [0.15, 0.2) is 0 Å². The van der Waals surface area contributed by atoms with Crippen molar-refractivity contribution in [3.8, 4) is 0 Å². The molecule has 0 aromatic rings. The first kappa shape index (κ1) is 23.1. The van der Waals surface area contributed by atoms with Crippen LogP contribution in [0.2, 0.25) is 0 Å². The van der Waals surface area contributed by atoms with Crippen molar-refractivity contribution in [1.82, 2.24) is 0 Å². The van der Waals surface area contributed by atoms with Crippen LogP contribution in [-0.4, -0.2) is 48.8 Å². The van der Waals surface area contributed by atoms with Gasteiger partial charge in [-0.1, -0.05) is 0 Å². The minimum atomic E-state index is -1.19. The number of carboxylic acids is 3. The van der Waals surface area contributed by atoms with Gasteiger partial charge < -0.3 is 15.3 Å². The molecule has 2 atom stereocenters. The van der Waals surface area contributed by atoms with Crippen molar-refractivity contribution in [3.63, 3.8) is 0 Å². The lowest BCUT2D eigenvalue weighted by Gasteiger charge is -2.12. The van der Waals surface area contributed by atoms with E-state index in [0.29, 0.717) is 12.8 Å². The third-order valence-electron chi connectivity index (χ3n) is 2.41. The maximum Gasteiger partial charge on any atom is 0.329 e. The van der Waals surface area contributed by atoms with Gasteiger partial charge in [0.2, 0.25) is 0 Å². The van der Waals surface area contributed by atoms with Crippen LogP contribution in [0.1, 0.15) is 19.8 Å².